The van der Waals surface area contributed by atoms with Crippen LogP contribution in [0.3, 0.4) is 0 Å². The van der Waals surface area contributed by atoms with E-state index in [1.807, 2.05) is 55.4 Å². The van der Waals surface area contributed by atoms with Crippen LogP contribution < -0.4 is 29.6 Å². The predicted molar refractivity (Wildman–Crippen MR) is 301 cm³/mol. The minimum absolute atomic E-state index is 0. The average Bonchev–Trinajstić information content (AvgIpc) is 3.36. The summed E-state index contributed by atoms with van der Waals surface area (Å²) in [4.78, 5) is 0. The van der Waals surface area contributed by atoms with Crippen LogP contribution in [0.25, 0.3) is 43.1 Å². The Morgan fingerprint density at radius 3 is 0.380 bits per heavy atom. The average molecular weight is 1070 g/mol. The summed E-state index contributed by atoms with van der Waals surface area (Å²) in [6.45, 7) is 16.0. The first-order valence-corrected chi connectivity index (χ1v) is 30.1. The topological polar surface area (TPSA) is 178 Å². The minimum Gasteiger partial charge on any atom is -0.748 e. The second-order valence-electron chi connectivity index (χ2n) is 13.0. The molecule has 0 saturated heterocycles. The molecule has 0 unspecified atom stereocenters. The number of rotatable bonds is 2. The maximum Gasteiger partial charge on any atom is 1.00 e. The maximum atomic E-state index is 9.78. The molecule has 0 saturated carbocycles. The molecule has 0 N–H and O–H groups in total. The summed E-state index contributed by atoms with van der Waals surface area (Å²) < 4.78 is 93.4. The van der Waals surface area contributed by atoms with Gasteiger partial charge in [0.1, 0.15) is 9.84 Å². The number of sulfone groups is 1. The Bertz CT molecular complexity index is 2360. The van der Waals surface area contributed by atoms with Gasteiger partial charge in [-0.1, -0.05) is 250 Å². The molecule has 71 heavy (non-hydrogen) atoms. The van der Waals surface area contributed by atoms with Crippen LogP contribution in [0.2, 0.25) is 0 Å². The Morgan fingerprint density at radius 2 is 0.338 bits per heavy atom. The van der Waals surface area contributed by atoms with E-state index < -0.39 is 40.2 Å². The van der Waals surface area contributed by atoms with Crippen LogP contribution in [0.5, 0.6) is 0 Å². The number of benzene rings is 8. The van der Waals surface area contributed by atoms with Crippen LogP contribution in [0.1, 0.15) is 55.4 Å². The summed E-state index contributed by atoms with van der Waals surface area (Å²) >= 11 is 0. The molecule has 0 bridgehead atoms. The third kappa shape index (κ3) is 48.9. The van der Waals surface area contributed by atoms with Crippen molar-refractivity contribution in [3.05, 3.63) is 194 Å². The summed E-state index contributed by atoms with van der Waals surface area (Å²) in [5, 5.41) is 10.5. The van der Waals surface area contributed by atoms with Crippen molar-refractivity contribution in [1.82, 2.24) is 0 Å². The van der Waals surface area contributed by atoms with Gasteiger partial charge in [0.15, 0.2) is 0 Å². The van der Waals surface area contributed by atoms with Crippen molar-refractivity contribution in [3.8, 4) is 0 Å². The second kappa shape index (κ2) is 45.4. The van der Waals surface area contributed by atoms with Crippen molar-refractivity contribution in [2.75, 3.05) is 45.5 Å². The third-order valence-electron chi connectivity index (χ3n) is 7.24. The summed E-state index contributed by atoms with van der Waals surface area (Å²) in [5.41, 5.74) is 0. The van der Waals surface area contributed by atoms with E-state index in [4.69, 9.17) is 13.0 Å². The Morgan fingerprint density at radius 1 is 0.282 bits per heavy atom. The zero-order valence-corrected chi connectivity index (χ0v) is 49.9. The largest absolute Gasteiger partial charge is 1.00 e. The zero-order chi connectivity index (χ0) is 54.7. The van der Waals surface area contributed by atoms with E-state index in [-0.39, 0.29) is 29.6 Å². The molecule has 0 spiro atoms. The molecule has 0 aliphatic carbocycles. The van der Waals surface area contributed by atoms with Crippen molar-refractivity contribution in [2.45, 2.75) is 55.4 Å². The fraction of sp³-hybridized carbons (Fsp3) is 0.273. The summed E-state index contributed by atoms with van der Waals surface area (Å²) in [5.74, 6) is 0. The van der Waals surface area contributed by atoms with Gasteiger partial charge in [0, 0.05) is 18.8 Å². The van der Waals surface area contributed by atoms with E-state index >= 15 is 0 Å². The smallest absolute Gasteiger partial charge is 0.748 e. The minimum atomic E-state index is -3.92. The first kappa shape index (κ1) is 75.4. The van der Waals surface area contributed by atoms with Gasteiger partial charge >= 0.3 is 29.6 Å². The predicted octanol–water partition coefficient (Wildman–Crippen LogP) is 10.5. The van der Waals surface area contributed by atoms with Gasteiger partial charge in [-0.15, -0.1) is 0 Å². The first-order valence-electron chi connectivity index (χ1n) is 22.3. The van der Waals surface area contributed by atoms with Crippen LogP contribution in [0.15, 0.2) is 194 Å². The van der Waals surface area contributed by atoms with Gasteiger partial charge in [-0.05, 0) is 43.1 Å². The van der Waals surface area contributed by atoms with E-state index in [1.54, 1.807) is 0 Å². The van der Waals surface area contributed by atoms with Crippen LogP contribution in [-0.4, -0.2) is 83.7 Å². The molecule has 0 heterocycles. The van der Waals surface area contributed by atoms with Gasteiger partial charge < -0.3 is 4.55 Å². The van der Waals surface area contributed by atoms with Crippen LogP contribution in [-0.2, 0) is 48.6 Å². The molecule has 0 amide bonds. The van der Waals surface area contributed by atoms with E-state index in [0.29, 0.717) is 6.26 Å². The van der Waals surface area contributed by atoms with Gasteiger partial charge in [-0.3, -0.25) is 8.37 Å². The summed E-state index contributed by atoms with van der Waals surface area (Å²) in [6, 6.07) is 66.9. The van der Waals surface area contributed by atoms with Crippen LogP contribution in [0, 0.1) is 0 Å². The van der Waals surface area contributed by atoms with Crippen molar-refractivity contribution in [1.29, 1.82) is 0 Å². The Labute approximate surface area is 450 Å². The van der Waals surface area contributed by atoms with Gasteiger partial charge in [0.25, 0.3) is 20.2 Å². The molecule has 8 rings (SSSR count). The molecular formula is C55H77NaO11S4. The van der Waals surface area contributed by atoms with Gasteiger partial charge in [-0.25, -0.2) is 16.8 Å². The van der Waals surface area contributed by atoms with E-state index in [1.165, 1.54) is 43.1 Å². The standard InChI is InChI=1S/4C10H8.2C2H6O3S.C2H6O2S.4C2H6.CH4O3S.Na/c4*1-2-6-10-8-4-3-7-9(10)5-1;2*1-5-6(2,3)4;1-5(2,3)4;4*1-2;1-5(2,3)4;/h4*1-8H;2*1-2H3;1-2H3;4*1-2H3;1H3,(H,2,3,4);/q;;;;;;;;;;;;+1/p-1. The molecule has 0 radical (unpaired) electrons. The SMILES string of the molecule is CC.CC.CC.CC.COS(C)(=O)=O.COS(C)(=O)=O.CS(=O)(=O)[O-].CS(C)(=O)=O.[Na+].c1ccc2ccccc2c1.c1ccc2ccccc2c1.c1ccc2ccccc2c1.c1ccc2ccccc2c1. The molecule has 8 aromatic rings. The zero-order valence-electron chi connectivity index (χ0n) is 44.6. The van der Waals surface area contributed by atoms with E-state index in [0.717, 1.165) is 39.2 Å². The second-order valence-corrected chi connectivity index (χ2v) is 20.2. The summed E-state index contributed by atoms with van der Waals surface area (Å²) in [6.07, 6.45) is 4.91. The molecule has 16 heteroatoms. The molecular weight excluding hydrogens is 988 g/mol. The van der Waals surface area contributed by atoms with Crippen molar-refractivity contribution in [2.24, 2.45) is 0 Å². The monoisotopic (exact) mass is 1060 g/mol. The maximum absolute atomic E-state index is 9.78. The van der Waals surface area contributed by atoms with Crippen LogP contribution >= 0.6 is 0 Å². The molecule has 0 aromatic heterocycles. The number of hydrogen-bond acceptors (Lipinski definition) is 11. The first-order chi connectivity index (χ1) is 33.0. The molecule has 0 atom stereocenters. The Kier molecular flexibility index (Phi) is 48.2. The fourth-order valence-corrected chi connectivity index (χ4v) is 4.53. The van der Waals surface area contributed by atoms with Gasteiger partial charge in [0.05, 0.1) is 36.8 Å². The summed E-state index contributed by atoms with van der Waals surface area (Å²) in [7, 11) is -10.7. The Balaban J connectivity index is -0.000000232. The van der Waals surface area contributed by atoms with E-state index in [9.17, 15) is 25.3 Å². The number of hydrogen-bond donors (Lipinski definition) is 0. The molecule has 0 fully saturated rings. The molecule has 11 nitrogen and oxygen atoms in total. The van der Waals surface area contributed by atoms with Crippen molar-refractivity contribution >= 4 is 83.3 Å². The number of fused-ring (bicyclic) bond motifs is 4. The molecule has 0 aliphatic heterocycles. The molecule has 8 aromatic carbocycles. The van der Waals surface area contributed by atoms with E-state index in [2.05, 4.69) is 202 Å². The van der Waals surface area contributed by atoms with Crippen molar-refractivity contribution < 1.29 is 76.1 Å². The van der Waals surface area contributed by atoms with Crippen molar-refractivity contribution in [3.63, 3.8) is 0 Å². The molecule has 0 aliphatic rings. The Hall–Kier alpha value is -4.52. The van der Waals surface area contributed by atoms with Gasteiger partial charge in [-0.2, -0.15) is 16.8 Å². The van der Waals surface area contributed by atoms with Gasteiger partial charge in [0.2, 0.25) is 0 Å². The fourth-order valence-electron chi connectivity index (χ4n) is 4.53. The van der Waals surface area contributed by atoms with Crippen LogP contribution in [0.4, 0.5) is 0 Å². The molecule has 388 valence electrons. The normalized spacial score (nSPS) is 9.58. The quantitative estimate of drug-likeness (QED) is 0.0914. The third-order valence-corrected chi connectivity index (χ3v) is 8.45.